The number of nitrogens with two attached hydrogens (primary N) is 1. The van der Waals surface area contributed by atoms with Crippen LogP contribution in [0.4, 0.5) is 11.4 Å². The second-order valence-electron chi connectivity index (χ2n) is 6.03. The summed E-state index contributed by atoms with van der Waals surface area (Å²) in [7, 11) is 0. The van der Waals surface area contributed by atoms with E-state index in [4.69, 9.17) is 15.2 Å². The summed E-state index contributed by atoms with van der Waals surface area (Å²) in [6, 6.07) is 11.9. The van der Waals surface area contributed by atoms with Crippen LogP contribution in [0.25, 0.3) is 0 Å². The van der Waals surface area contributed by atoms with Gasteiger partial charge in [-0.05, 0) is 31.7 Å². The van der Waals surface area contributed by atoms with Gasteiger partial charge in [-0.3, -0.25) is 4.79 Å². The molecule has 2 aromatic carbocycles. The molecule has 6 heteroatoms. The molecule has 3 N–H and O–H groups in total. The number of carbonyl (C=O) groups excluding carboxylic acids is 1. The summed E-state index contributed by atoms with van der Waals surface area (Å²) < 4.78 is 10.6. The summed E-state index contributed by atoms with van der Waals surface area (Å²) in [6.45, 7) is 2.27. The number of aryl methyl sites for hydroxylation is 2. The van der Waals surface area contributed by atoms with Gasteiger partial charge in [0.2, 0.25) is 12.7 Å². The van der Waals surface area contributed by atoms with Gasteiger partial charge in [0.1, 0.15) is 0 Å². The molecule has 134 valence electrons. The van der Waals surface area contributed by atoms with E-state index >= 15 is 0 Å². The number of hydrogen-bond donors (Lipinski definition) is 2. The molecule has 1 heterocycles. The van der Waals surface area contributed by atoms with Gasteiger partial charge in [0.25, 0.3) is 0 Å². The minimum Gasteiger partial charge on any atom is -0.454 e. The molecule has 1 aliphatic heterocycles. The van der Waals surface area contributed by atoms with Gasteiger partial charge in [-0.1, -0.05) is 29.8 Å². The third-order valence-electron chi connectivity index (χ3n) is 4.06. The number of halogens is 1. The summed E-state index contributed by atoms with van der Waals surface area (Å²) in [5, 5.41) is 2.85. The molecule has 0 aromatic heterocycles. The highest BCUT2D eigenvalue weighted by molar-refractivity contribution is 5.94. The van der Waals surface area contributed by atoms with E-state index in [0.717, 1.165) is 19.3 Å². The Labute approximate surface area is 153 Å². The predicted molar refractivity (Wildman–Crippen MR) is 102 cm³/mol. The first-order chi connectivity index (χ1) is 11.6. The molecular weight excluding hydrogens is 340 g/mol. The molecule has 1 aliphatic rings. The average molecular weight is 363 g/mol. The molecule has 0 unspecified atom stereocenters. The van der Waals surface area contributed by atoms with Crippen molar-refractivity contribution in [2.45, 2.75) is 32.6 Å². The zero-order valence-corrected chi connectivity index (χ0v) is 15.0. The van der Waals surface area contributed by atoms with Gasteiger partial charge >= 0.3 is 0 Å². The van der Waals surface area contributed by atoms with Crippen molar-refractivity contribution in [2.24, 2.45) is 0 Å². The maximum Gasteiger partial charge on any atom is 0.231 e. The summed E-state index contributed by atoms with van der Waals surface area (Å²) in [6.07, 6.45) is 3.27. The number of unbranched alkanes of at least 4 members (excludes halogenated alkanes) is 1. The van der Waals surface area contributed by atoms with Crippen molar-refractivity contribution in [3.63, 3.8) is 0 Å². The molecule has 0 saturated carbocycles. The molecule has 0 aliphatic carbocycles. The second-order valence-corrected chi connectivity index (χ2v) is 6.03. The summed E-state index contributed by atoms with van der Waals surface area (Å²) in [5.41, 5.74) is 9.56. The van der Waals surface area contributed by atoms with Crippen LogP contribution in [0, 0.1) is 6.92 Å². The zero-order chi connectivity index (χ0) is 16.9. The number of ether oxygens (including phenoxy) is 2. The lowest BCUT2D eigenvalue weighted by atomic mass is 10.1. The van der Waals surface area contributed by atoms with Gasteiger partial charge in [-0.15, -0.1) is 12.4 Å². The molecular formula is C19H23ClN2O3. The predicted octanol–water partition coefficient (Wildman–Crippen LogP) is 4.08. The molecule has 0 spiro atoms. The number of nitrogen functional groups attached to an aromatic ring is 1. The topological polar surface area (TPSA) is 73.6 Å². The summed E-state index contributed by atoms with van der Waals surface area (Å²) in [4.78, 5) is 12.1. The van der Waals surface area contributed by atoms with E-state index in [-0.39, 0.29) is 25.1 Å². The number of benzene rings is 2. The molecule has 1 amide bonds. The van der Waals surface area contributed by atoms with Gasteiger partial charge < -0.3 is 20.5 Å². The van der Waals surface area contributed by atoms with Crippen LogP contribution >= 0.6 is 12.4 Å². The summed E-state index contributed by atoms with van der Waals surface area (Å²) in [5.74, 6) is 1.19. The van der Waals surface area contributed by atoms with Crippen molar-refractivity contribution >= 4 is 29.7 Å². The van der Waals surface area contributed by atoms with Crippen molar-refractivity contribution in [3.8, 4) is 11.5 Å². The van der Waals surface area contributed by atoms with Gasteiger partial charge in [0, 0.05) is 18.6 Å². The van der Waals surface area contributed by atoms with Crippen LogP contribution in [-0.4, -0.2) is 12.7 Å². The Bertz CT molecular complexity index is 732. The molecule has 3 rings (SSSR count). The van der Waals surface area contributed by atoms with Crippen LogP contribution in [0.2, 0.25) is 0 Å². The minimum atomic E-state index is -0.0375. The Morgan fingerprint density at radius 2 is 1.80 bits per heavy atom. The molecule has 0 atom stereocenters. The van der Waals surface area contributed by atoms with Crippen LogP contribution in [0.15, 0.2) is 36.4 Å². The van der Waals surface area contributed by atoms with E-state index in [1.807, 2.05) is 0 Å². The normalized spacial score (nSPS) is 11.7. The Hall–Kier alpha value is -2.40. The molecule has 25 heavy (non-hydrogen) atoms. The summed E-state index contributed by atoms with van der Waals surface area (Å²) >= 11 is 0. The van der Waals surface area contributed by atoms with Crippen LogP contribution in [0.1, 0.15) is 30.4 Å². The van der Waals surface area contributed by atoms with Crippen molar-refractivity contribution < 1.29 is 14.3 Å². The molecule has 0 fully saturated rings. The Balaban J connectivity index is 0.00000225. The van der Waals surface area contributed by atoms with E-state index in [1.165, 1.54) is 11.1 Å². The van der Waals surface area contributed by atoms with Gasteiger partial charge in [-0.2, -0.15) is 0 Å². The first-order valence-electron chi connectivity index (χ1n) is 8.16. The first-order valence-corrected chi connectivity index (χ1v) is 8.16. The maximum absolute atomic E-state index is 12.1. The Morgan fingerprint density at radius 3 is 2.52 bits per heavy atom. The van der Waals surface area contributed by atoms with Crippen LogP contribution in [-0.2, 0) is 11.2 Å². The standard InChI is InChI=1S/C19H22N2O3.ClH/c1-13-6-8-14(9-7-13)4-2-3-5-19(22)21-16-11-18-17(10-15(16)20)23-12-24-18;/h6-11H,2-5,12,20H2,1H3,(H,21,22);1H. The molecule has 5 nitrogen and oxygen atoms in total. The lowest BCUT2D eigenvalue weighted by molar-refractivity contribution is -0.116. The average Bonchev–Trinajstić information content (AvgIpc) is 3.00. The second kappa shape index (κ2) is 8.62. The van der Waals surface area contributed by atoms with Crippen molar-refractivity contribution in [1.29, 1.82) is 0 Å². The number of nitrogens with one attached hydrogen (secondary N) is 1. The number of carbonyl (C=O) groups is 1. The highest BCUT2D eigenvalue weighted by atomic mass is 35.5. The third kappa shape index (κ3) is 5.03. The number of anilines is 2. The number of rotatable bonds is 6. The zero-order valence-electron chi connectivity index (χ0n) is 14.2. The largest absolute Gasteiger partial charge is 0.454 e. The first kappa shape index (κ1) is 18.9. The van der Waals surface area contributed by atoms with Gasteiger partial charge in [-0.25, -0.2) is 0 Å². The number of amides is 1. The van der Waals surface area contributed by atoms with Crippen LogP contribution in [0.3, 0.4) is 0 Å². The SMILES string of the molecule is Cc1ccc(CCCCC(=O)Nc2cc3c(cc2N)OCO3)cc1.Cl. The lowest BCUT2D eigenvalue weighted by Gasteiger charge is -2.09. The fourth-order valence-corrected chi connectivity index (χ4v) is 2.65. The monoisotopic (exact) mass is 362 g/mol. The van der Waals surface area contributed by atoms with E-state index < -0.39 is 0 Å². The van der Waals surface area contributed by atoms with E-state index in [1.54, 1.807) is 12.1 Å². The van der Waals surface area contributed by atoms with E-state index in [9.17, 15) is 4.79 Å². The Kier molecular flexibility index (Phi) is 6.53. The lowest BCUT2D eigenvalue weighted by Crippen LogP contribution is -2.12. The molecule has 0 saturated heterocycles. The van der Waals surface area contributed by atoms with Crippen molar-refractivity contribution in [1.82, 2.24) is 0 Å². The smallest absolute Gasteiger partial charge is 0.231 e. The highest BCUT2D eigenvalue weighted by Crippen LogP contribution is 2.38. The van der Waals surface area contributed by atoms with E-state index in [2.05, 4.69) is 36.5 Å². The van der Waals surface area contributed by atoms with Crippen LogP contribution < -0.4 is 20.5 Å². The van der Waals surface area contributed by atoms with E-state index in [0.29, 0.717) is 29.3 Å². The molecule has 2 aromatic rings. The number of hydrogen-bond acceptors (Lipinski definition) is 4. The molecule has 0 radical (unpaired) electrons. The fraction of sp³-hybridized carbons (Fsp3) is 0.316. The third-order valence-corrected chi connectivity index (χ3v) is 4.06. The maximum atomic E-state index is 12.1. The fourth-order valence-electron chi connectivity index (χ4n) is 2.65. The molecule has 0 bridgehead atoms. The van der Waals surface area contributed by atoms with Gasteiger partial charge in [0.05, 0.1) is 11.4 Å². The quantitative estimate of drug-likeness (QED) is 0.599. The Morgan fingerprint density at radius 1 is 1.12 bits per heavy atom. The van der Waals surface area contributed by atoms with Crippen molar-refractivity contribution in [3.05, 3.63) is 47.5 Å². The van der Waals surface area contributed by atoms with Crippen molar-refractivity contribution in [2.75, 3.05) is 17.8 Å². The van der Waals surface area contributed by atoms with Gasteiger partial charge in [0.15, 0.2) is 11.5 Å². The number of fused-ring (bicyclic) bond motifs is 1. The minimum absolute atomic E-state index is 0. The highest BCUT2D eigenvalue weighted by Gasteiger charge is 2.17. The van der Waals surface area contributed by atoms with Crippen LogP contribution in [0.5, 0.6) is 11.5 Å².